The van der Waals surface area contributed by atoms with E-state index in [1.807, 2.05) is 0 Å². The van der Waals surface area contributed by atoms with Crippen LogP contribution in [0, 0.1) is 0 Å². The van der Waals surface area contributed by atoms with Gasteiger partial charge in [-0.3, -0.25) is 0 Å². The molecule has 0 bridgehead atoms. The summed E-state index contributed by atoms with van der Waals surface area (Å²) in [6, 6.07) is 0. The van der Waals surface area contributed by atoms with Gasteiger partial charge in [0.25, 0.3) is 5.92 Å². The maximum atomic E-state index is 11.5. The van der Waals surface area contributed by atoms with Crippen LogP contribution in [-0.4, -0.2) is 9.85 Å². The van der Waals surface area contributed by atoms with Crippen LogP contribution in [0.4, 0.5) is 8.78 Å². The van der Waals surface area contributed by atoms with Crippen LogP contribution in [0.3, 0.4) is 0 Å². The molecule has 1 fully saturated rings. The quantitative estimate of drug-likeness (QED) is 0.417. The number of alkyl halides is 3. The molecular weight excluding hydrogens is 201 g/mol. The fourth-order valence-corrected chi connectivity index (χ4v) is 0.767. The van der Waals surface area contributed by atoms with E-state index in [-0.39, 0.29) is 10.3 Å². The van der Waals surface area contributed by atoms with E-state index in [2.05, 4.69) is 0 Å². The molecule has 0 amide bonds. The van der Waals surface area contributed by atoms with Crippen molar-refractivity contribution in [3.8, 4) is 0 Å². The van der Waals surface area contributed by atoms with Crippen molar-refractivity contribution in [1.29, 1.82) is 0 Å². The lowest BCUT2D eigenvalue weighted by atomic mass is 10.8. The molecule has 1 aliphatic carbocycles. The first-order valence-electron chi connectivity index (χ1n) is 1.65. The molecule has 0 aromatic carbocycles. The molecule has 3 heteroatoms. The molecule has 0 saturated heterocycles. The van der Waals surface area contributed by atoms with E-state index >= 15 is 0 Å². The van der Waals surface area contributed by atoms with Gasteiger partial charge in [-0.1, -0.05) is 22.6 Å². The van der Waals surface area contributed by atoms with E-state index in [9.17, 15) is 8.78 Å². The molecule has 36 valence electrons. The largest absolute Gasteiger partial charge is 0.261 e. The second kappa shape index (κ2) is 1.05. The highest BCUT2D eigenvalue weighted by atomic mass is 127. The van der Waals surface area contributed by atoms with Crippen molar-refractivity contribution in [2.45, 2.75) is 16.3 Å². The van der Waals surface area contributed by atoms with Crippen LogP contribution in [0.1, 0.15) is 6.42 Å². The molecule has 1 saturated carbocycles. The summed E-state index contributed by atoms with van der Waals surface area (Å²) >= 11 is 1.75. The summed E-state index contributed by atoms with van der Waals surface area (Å²) < 4.78 is 22.7. The fourth-order valence-electron chi connectivity index (χ4n) is 0.180. The Hall–Kier alpha value is 0.590. The zero-order chi connectivity index (χ0) is 4.78. The van der Waals surface area contributed by atoms with Gasteiger partial charge >= 0.3 is 0 Å². The highest BCUT2D eigenvalue weighted by Crippen LogP contribution is 2.47. The third kappa shape index (κ3) is 0.643. The van der Waals surface area contributed by atoms with Gasteiger partial charge in [-0.15, -0.1) is 0 Å². The highest BCUT2D eigenvalue weighted by molar-refractivity contribution is 14.1. The van der Waals surface area contributed by atoms with Crippen LogP contribution in [-0.2, 0) is 0 Å². The summed E-state index contributed by atoms with van der Waals surface area (Å²) in [6.45, 7) is 0. The molecule has 0 aliphatic heterocycles. The second-order valence-corrected chi connectivity index (χ2v) is 2.94. The van der Waals surface area contributed by atoms with Gasteiger partial charge < -0.3 is 0 Å². The topological polar surface area (TPSA) is 0 Å². The third-order valence-electron chi connectivity index (χ3n) is 0.750. The van der Waals surface area contributed by atoms with E-state index in [0.29, 0.717) is 0 Å². The van der Waals surface area contributed by atoms with Crippen LogP contribution in [0.15, 0.2) is 0 Å². The Balaban J connectivity index is 2.41. The molecule has 1 aliphatic rings. The van der Waals surface area contributed by atoms with Crippen LogP contribution in [0.5, 0.6) is 0 Å². The summed E-state index contributed by atoms with van der Waals surface area (Å²) in [7, 11) is 0. The highest BCUT2D eigenvalue weighted by Gasteiger charge is 2.55. The minimum atomic E-state index is -2.31. The Labute approximate surface area is 48.1 Å². The molecule has 0 N–H and O–H groups in total. The first-order valence-corrected chi connectivity index (χ1v) is 2.89. The first-order chi connectivity index (χ1) is 2.63. The Morgan fingerprint density at radius 1 is 1.67 bits per heavy atom. The van der Waals surface area contributed by atoms with Crippen LogP contribution >= 0.6 is 22.6 Å². The fraction of sp³-hybridized carbons (Fsp3) is 1.00. The van der Waals surface area contributed by atoms with Crippen molar-refractivity contribution in [2.75, 3.05) is 0 Å². The van der Waals surface area contributed by atoms with Crippen LogP contribution < -0.4 is 0 Å². The third-order valence-corrected chi connectivity index (χ3v) is 2.10. The average molecular weight is 204 g/mol. The standard InChI is InChI=1S/C3H3F2I/c4-3(5)1-2(3)6/h2H,1H2. The minimum Gasteiger partial charge on any atom is -0.206 e. The molecule has 0 heterocycles. The van der Waals surface area contributed by atoms with Crippen LogP contribution in [0.25, 0.3) is 0 Å². The van der Waals surface area contributed by atoms with Crippen molar-refractivity contribution < 1.29 is 8.78 Å². The lowest BCUT2D eigenvalue weighted by Gasteiger charge is -1.80. The average Bonchev–Trinajstić information content (AvgIpc) is 1.73. The summed E-state index contributed by atoms with van der Waals surface area (Å²) in [5, 5.41) is 0. The molecule has 1 unspecified atom stereocenters. The zero-order valence-corrected chi connectivity index (χ0v) is 5.08. The Morgan fingerprint density at radius 3 is 1.83 bits per heavy atom. The van der Waals surface area contributed by atoms with Gasteiger partial charge in [0.15, 0.2) is 0 Å². The van der Waals surface area contributed by atoms with Crippen molar-refractivity contribution in [2.24, 2.45) is 0 Å². The van der Waals surface area contributed by atoms with Gasteiger partial charge in [0.05, 0.1) is 3.92 Å². The summed E-state index contributed by atoms with van der Waals surface area (Å²) in [5.41, 5.74) is 0. The molecule has 1 rings (SSSR count). The maximum Gasteiger partial charge on any atom is 0.261 e. The van der Waals surface area contributed by atoms with E-state index < -0.39 is 5.92 Å². The van der Waals surface area contributed by atoms with Gasteiger partial charge in [-0.25, -0.2) is 8.78 Å². The van der Waals surface area contributed by atoms with Gasteiger partial charge in [0.1, 0.15) is 0 Å². The minimum absolute atomic E-state index is 0.0908. The summed E-state index contributed by atoms with van der Waals surface area (Å²) in [4.78, 5) is 0. The van der Waals surface area contributed by atoms with Gasteiger partial charge in [-0.2, -0.15) is 0 Å². The SMILES string of the molecule is FC1(F)CC1I. The number of hydrogen-bond acceptors (Lipinski definition) is 0. The van der Waals surface area contributed by atoms with E-state index in [1.54, 1.807) is 22.6 Å². The summed E-state index contributed by atoms with van der Waals surface area (Å²) in [6.07, 6.45) is 0.0908. The Bertz CT molecular complexity index is 71.2. The Morgan fingerprint density at radius 2 is 1.83 bits per heavy atom. The second-order valence-electron chi connectivity index (χ2n) is 1.43. The molecule has 0 nitrogen and oxygen atoms in total. The Kier molecular flexibility index (Phi) is 0.830. The lowest BCUT2D eigenvalue weighted by Crippen LogP contribution is -1.88. The zero-order valence-electron chi connectivity index (χ0n) is 2.92. The number of rotatable bonds is 0. The maximum absolute atomic E-state index is 11.5. The van der Waals surface area contributed by atoms with E-state index in [1.165, 1.54) is 0 Å². The summed E-state index contributed by atoms with van der Waals surface area (Å²) in [5.74, 6) is -2.31. The van der Waals surface area contributed by atoms with Crippen LogP contribution in [0.2, 0.25) is 0 Å². The monoisotopic (exact) mass is 204 g/mol. The predicted octanol–water partition coefficient (Wildman–Crippen LogP) is 1.83. The normalized spacial score (nSPS) is 39.5. The molecule has 0 radical (unpaired) electrons. The van der Waals surface area contributed by atoms with Gasteiger partial charge in [0, 0.05) is 6.42 Å². The van der Waals surface area contributed by atoms with Crippen molar-refractivity contribution in [1.82, 2.24) is 0 Å². The predicted molar refractivity (Wildman–Crippen MR) is 27.4 cm³/mol. The molecule has 1 atom stereocenters. The molecule has 0 aromatic heterocycles. The van der Waals surface area contributed by atoms with E-state index in [0.717, 1.165) is 0 Å². The van der Waals surface area contributed by atoms with E-state index in [4.69, 9.17) is 0 Å². The molecule has 6 heavy (non-hydrogen) atoms. The molecule has 0 aromatic rings. The molecule has 0 spiro atoms. The van der Waals surface area contributed by atoms with Crippen molar-refractivity contribution >= 4 is 22.6 Å². The number of hydrogen-bond donors (Lipinski definition) is 0. The lowest BCUT2D eigenvalue weighted by molar-refractivity contribution is 0.124. The first kappa shape index (κ1) is 4.74. The molecular formula is C3H3F2I. The smallest absolute Gasteiger partial charge is 0.206 e. The van der Waals surface area contributed by atoms with Gasteiger partial charge in [0.2, 0.25) is 0 Å². The van der Waals surface area contributed by atoms with Crippen molar-refractivity contribution in [3.63, 3.8) is 0 Å². The van der Waals surface area contributed by atoms with Crippen molar-refractivity contribution in [3.05, 3.63) is 0 Å². The number of halogens is 3. The van der Waals surface area contributed by atoms with Gasteiger partial charge in [-0.05, 0) is 0 Å².